The lowest BCUT2D eigenvalue weighted by Gasteiger charge is -2.09. The van der Waals surface area contributed by atoms with Crippen molar-refractivity contribution < 1.29 is 9.53 Å². The van der Waals surface area contributed by atoms with Crippen molar-refractivity contribution >= 4 is 17.9 Å². The molecule has 0 amide bonds. The van der Waals surface area contributed by atoms with Gasteiger partial charge in [0.15, 0.2) is 0 Å². The lowest BCUT2D eigenvalue weighted by atomic mass is 10.1. The van der Waals surface area contributed by atoms with Crippen molar-refractivity contribution in [1.29, 1.82) is 0 Å². The summed E-state index contributed by atoms with van der Waals surface area (Å²) in [5.41, 5.74) is 1.88. The molecule has 0 unspecified atom stereocenters. The third-order valence-corrected chi connectivity index (χ3v) is 2.49. The van der Waals surface area contributed by atoms with Crippen LogP contribution in [-0.2, 0) is 17.6 Å². The zero-order valence-electron chi connectivity index (χ0n) is 8.34. The standard InChI is InChI=1S/C11H13ClO2/c1-3-8-7-11(14-2)9(4-5-13)6-10(8)12/h5-7H,3-4H2,1-2H3. The van der Waals surface area contributed by atoms with Crippen LogP contribution in [0.15, 0.2) is 12.1 Å². The highest BCUT2D eigenvalue weighted by Gasteiger charge is 2.07. The summed E-state index contributed by atoms with van der Waals surface area (Å²) in [5, 5.41) is 0.699. The Morgan fingerprint density at radius 2 is 2.14 bits per heavy atom. The second-order valence-electron chi connectivity index (χ2n) is 2.98. The summed E-state index contributed by atoms with van der Waals surface area (Å²) in [6.07, 6.45) is 2.04. The van der Waals surface area contributed by atoms with Gasteiger partial charge in [0, 0.05) is 17.0 Å². The fourth-order valence-corrected chi connectivity index (χ4v) is 1.67. The Bertz CT molecular complexity index is 334. The van der Waals surface area contributed by atoms with E-state index in [9.17, 15) is 4.79 Å². The first-order valence-corrected chi connectivity index (χ1v) is 4.89. The van der Waals surface area contributed by atoms with Gasteiger partial charge in [0.05, 0.1) is 7.11 Å². The Balaban J connectivity index is 3.16. The quantitative estimate of drug-likeness (QED) is 0.718. The monoisotopic (exact) mass is 212 g/mol. The molecule has 0 N–H and O–H groups in total. The van der Waals surface area contributed by atoms with Gasteiger partial charge in [-0.25, -0.2) is 0 Å². The number of aryl methyl sites for hydroxylation is 1. The van der Waals surface area contributed by atoms with Crippen molar-refractivity contribution in [3.8, 4) is 5.75 Å². The number of carbonyl (C=O) groups excluding carboxylic acids is 1. The minimum atomic E-state index is 0.340. The van der Waals surface area contributed by atoms with Crippen LogP contribution in [0.5, 0.6) is 5.75 Å². The van der Waals surface area contributed by atoms with E-state index in [0.717, 1.165) is 29.6 Å². The number of rotatable bonds is 4. The van der Waals surface area contributed by atoms with Crippen LogP contribution in [0.4, 0.5) is 0 Å². The van der Waals surface area contributed by atoms with Crippen molar-refractivity contribution in [2.45, 2.75) is 19.8 Å². The highest BCUT2D eigenvalue weighted by molar-refractivity contribution is 6.31. The number of methoxy groups -OCH3 is 1. The van der Waals surface area contributed by atoms with E-state index in [1.165, 1.54) is 0 Å². The Labute approximate surface area is 88.8 Å². The van der Waals surface area contributed by atoms with E-state index in [4.69, 9.17) is 16.3 Å². The first kappa shape index (κ1) is 11.1. The summed E-state index contributed by atoms with van der Waals surface area (Å²) in [5.74, 6) is 0.735. The van der Waals surface area contributed by atoms with Gasteiger partial charge in [-0.2, -0.15) is 0 Å². The average Bonchev–Trinajstić information content (AvgIpc) is 2.19. The molecular weight excluding hydrogens is 200 g/mol. The van der Waals surface area contributed by atoms with E-state index >= 15 is 0 Å². The molecule has 0 atom stereocenters. The second kappa shape index (κ2) is 5.01. The molecule has 0 saturated heterocycles. The Morgan fingerprint density at radius 3 is 2.64 bits per heavy atom. The molecule has 0 aliphatic carbocycles. The molecule has 0 bridgehead atoms. The largest absolute Gasteiger partial charge is 0.496 e. The van der Waals surface area contributed by atoms with Gasteiger partial charge in [-0.15, -0.1) is 0 Å². The molecule has 0 aliphatic heterocycles. The SMILES string of the molecule is CCc1cc(OC)c(CC=O)cc1Cl. The maximum atomic E-state index is 10.4. The van der Waals surface area contributed by atoms with Gasteiger partial charge in [0.1, 0.15) is 12.0 Å². The molecule has 0 heterocycles. The Morgan fingerprint density at radius 1 is 1.43 bits per heavy atom. The zero-order valence-corrected chi connectivity index (χ0v) is 9.10. The molecular formula is C11H13ClO2. The van der Waals surface area contributed by atoms with Gasteiger partial charge < -0.3 is 9.53 Å². The number of aldehydes is 1. The third-order valence-electron chi connectivity index (χ3n) is 2.13. The topological polar surface area (TPSA) is 26.3 Å². The molecule has 76 valence electrons. The maximum absolute atomic E-state index is 10.4. The van der Waals surface area contributed by atoms with Crippen LogP contribution >= 0.6 is 11.6 Å². The summed E-state index contributed by atoms with van der Waals surface area (Å²) >= 11 is 6.02. The van der Waals surface area contributed by atoms with Gasteiger partial charge in [0.25, 0.3) is 0 Å². The number of benzene rings is 1. The van der Waals surface area contributed by atoms with Crippen LogP contribution in [0, 0.1) is 0 Å². The summed E-state index contributed by atoms with van der Waals surface area (Å²) in [7, 11) is 1.59. The minimum absolute atomic E-state index is 0.340. The highest BCUT2D eigenvalue weighted by Crippen LogP contribution is 2.27. The minimum Gasteiger partial charge on any atom is -0.496 e. The molecule has 3 heteroatoms. The fourth-order valence-electron chi connectivity index (χ4n) is 1.35. The number of carbonyl (C=O) groups is 1. The normalized spacial score (nSPS) is 9.93. The van der Waals surface area contributed by atoms with Gasteiger partial charge in [-0.1, -0.05) is 18.5 Å². The molecule has 0 spiro atoms. The lowest BCUT2D eigenvalue weighted by molar-refractivity contribution is -0.107. The number of hydrogen-bond acceptors (Lipinski definition) is 2. The van der Waals surface area contributed by atoms with E-state index in [0.29, 0.717) is 11.4 Å². The maximum Gasteiger partial charge on any atom is 0.124 e. The molecule has 0 fully saturated rings. The van der Waals surface area contributed by atoms with E-state index in [1.807, 2.05) is 13.0 Å². The van der Waals surface area contributed by atoms with Crippen molar-refractivity contribution in [3.05, 3.63) is 28.3 Å². The smallest absolute Gasteiger partial charge is 0.124 e. The van der Waals surface area contributed by atoms with Crippen molar-refractivity contribution in [1.82, 2.24) is 0 Å². The summed E-state index contributed by atoms with van der Waals surface area (Å²) in [6, 6.07) is 3.69. The number of halogens is 1. The lowest BCUT2D eigenvalue weighted by Crippen LogP contribution is -1.95. The van der Waals surface area contributed by atoms with Gasteiger partial charge in [-0.3, -0.25) is 0 Å². The molecule has 0 saturated carbocycles. The number of hydrogen-bond donors (Lipinski definition) is 0. The molecule has 0 radical (unpaired) electrons. The second-order valence-corrected chi connectivity index (χ2v) is 3.39. The molecule has 1 aromatic carbocycles. The predicted octanol–water partition coefficient (Wildman–Crippen LogP) is 2.65. The Kier molecular flexibility index (Phi) is 3.96. The van der Waals surface area contributed by atoms with Crippen molar-refractivity contribution in [3.63, 3.8) is 0 Å². The predicted molar refractivity (Wildman–Crippen MR) is 57.2 cm³/mol. The van der Waals surface area contributed by atoms with Crippen LogP contribution in [0.3, 0.4) is 0 Å². The van der Waals surface area contributed by atoms with Crippen LogP contribution in [-0.4, -0.2) is 13.4 Å². The molecule has 2 nitrogen and oxygen atoms in total. The molecule has 1 aromatic rings. The molecule has 1 rings (SSSR count). The Hall–Kier alpha value is -1.02. The highest BCUT2D eigenvalue weighted by atomic mass is 35.5. The summed E-state index contributed by atoms with van der Waals surface area (Å²) in [6.45, 7) is 2.03. The van der Waals surface area contributed by atoms with E-state index in [1.54, 1.807) is 13.2 Å². The first-order chi connectivity index (χ1) is 6.72. The van der Waals surface area contributed by atoms with Crippen molar-refractivity contribution in [2.24, 2.45) is 0 Å². The van der Waals surface area contributed by atoms with Crippen LogP contribution in [0.25, 0.3) is 0 Å². The first-order valence-electron chi connectivity index (χ1n) is 4.51. The average molecular weight is 213 g/mol. The van der Waals surface area contributed by atoms with E-state index in [2.05, 4.69) is 0 Å². The van der Waals surface area contributed by atoms with Crippen molar-refractivity contribution in [2.75, 3.05) is 7.11 Å². The van der Waals surface area contributed by atoms with Crippen LogP contribution in [0.2, 0.25) is 5.02 Å². The molecule has 0 aliphatic rings. The molecule has 0 aromatic heterocycles. The summed E-state index contributed by atoms with van der Waals surface area (Å²) in [4.78, 5) is 10.4. The van der Waals surface area contributed by atoms with Gasteiger partial charge >= 0.3 is 0 Å². The zero-order chi connectivity index (χ0) is 10.6. The van der Waals surface area contributed by atoms with E-state index in [-0.39, 0.29) is 0 Å². The van der Waals surface area contributed by atoms with Gasteiger partial charge in [-0.05, 0) is 24.1 Å². The third kappa shape index (κ3) is 2.26. The van der Waals surface area contributed by atoms with E-state index < -0.39 is 0 Å². The summed E-state index contributed by atoms with van der Waals surface area (Å²) < 4.78 is 5.18. The van der Waals surface area contributed by atoms with Crippen LogP contribution < -0.4 is 4.74 Å². The van der Waals surface area contributed by atoms with Gasteiger partial charge in [0.2, 0.25) is 0 Å². The fraction of sp³-hybridized carbons (Fsp3) is 0.364. The number of ether oxygens (including phenoxy) is 1. The van der Waals surface area contributed by atoms with Crippen LogP contribution in [0.1, 0.15) is 18.1 Å². The molecule has 14 heavy (non-hydrogen) atoms.